The summed E-state index contributed by atoms with van der Waals surface area (Å²) in [5, 5.41) is 2.94. The second-order valence-corrected chi connectivity index (χ2v) is 5.80. The van der Waals surface area contributed by atoms with Gasteiger partial charge in [-0.15, -0.1) is 0 Å². The van der Waals surface area contributed by atoms with Crippen LogP contribution >= 0.6 is 0 Å². The largest absolute Gasteiger partial charge is 0.497 e. The van der Waals surface area contributed by atoms with Crippen molar-refractivity contribution in [2.45, 2.75) is 6.61 Å². The summed E-state index contributed by atoms with van der Waals surface area (Å²) in [6.07, 6.45) is 0. The Hall–Kier alpha value is -3.47. The fourth-order valence-electron chi connectivity index (χ4n) is 2.54. The number of amides is 1. The number of nitrogens with one attached hydrogen (secondary N) is 1. The lowest BCUT2D eigenvalue weighted by Crippen LogP contribution is -2.13. The van der Waals surface area contributed by atoms with E-state index in [1.807, 2.05) is 48.5 Å². The van der Waals surface area contributed by atoms with Gasteiger partial charge in [0.25, 0.3) is 5.91 Å². The molecule has 0 saturated heterocycles. The van der Waals surface area contributed by atoms with Gasteiger partial charge in [0.2, 0.25) is 0 Å². The fourth-order valence-corrected chi connectivity index (χ4v) is 2.54. The van der Waals surface area contributed by atoms with Crippen LogP contribution in [0, 0.1) is 0 Å². The Kier molecular flexibility index (Phi) is 5.94. The summed E-state index contributed by atoms with van der Waals surface area (Å²) in [7, 11) is 3.21. The van der Waals surface area contributed by atoms with Crippen molar-refractivity contribution in [3.63, 3.8) is 0 Å². The molecule has 0 bridgehead atoms. The fraction of sp³-hybridized carbons (Fsp3) is 0.136. The van der Waals surface area contributed by atoms with Gasteiger partial charge in [-0.1, -0.05) is 18.2 Å². The maximum atomic E-state index is 12.5. The minimum absolute atomic E-state index is 0.186. The van der Waals surface area contributed by atoms with Crippen molar-refractivity contribution in [2.75, 3.05) is 19.5 Å². The first-order valence-electron chi connectivity index (χ1n) is 8.50. The van der Waals surface area contributed by atoms with E-state index in [2.05, 4.69) is 5.32 Å². The molecule has 0 aliphatic carbocycles. The van der Waals surface area contributed by atoms with Gasteiger partial charge in [0, 0.05) is 16.8 Å². The molecule has 0 spiro atoms. The van der Waals surface area contributed by atoms with E-state index in [-0.39, 0.29) is 5.91 Å². The van der Waals surface area contributed by atoms with E-state index < -0.39 is 0 Å². The van der Waals surface area contributed by atoms with Crippen LogP contribution in [0.25, 0.3) is 0 Å². The second kappa shape index (κ2) is 8.76. The van der Waals surface area contributed by atoms with Crippen molar-refractivity contribution in [1.29, 1.82) is 0 Å². The van der Waals surface area contributed by atoms with Crippen molar-refractivity contribution < 1.29 is 19.0 Å². The average molecular weight is 363 g/mol. The molecule has 1 amide bonds. The zero-order chi connectivity index (χ0) is 19.1. The number of anilines is 1. The maximum Gasteiger partial charge on any atom is 0.255 e. The van der Waals surface area contributed by atoms with Crippen LogP contribution in [0.3, 0.4) is 0 Å². The highest BCUT2D eigenvalue weighted by Gasteiger charge is 2.10. The summed E-state index contributed by atoms with van der Waals surface area (Å²) in [5.74, 6) is 2.02. The molecule has 27 heavy (non-hydrogen) atoms. The maximum absolute atomic E-state index is 12.5. The number of para-hydroxylation sites is 1. The molecule has 0 aliphatic heterocycles. The van der Waals surface area contributed by atoms with E-state index in [1.165, 1.54) is 0 Å². The third-order valence-corrected chi connectivity index (χ3v) is 4.07. The van der Waals surface area contributed by atoms with Gasteiger partial charge in [-0.2, -0.15) is 0 Å². The minimum atomic E-state index is -0.186. The Labute approximate surface area is 158 Å². The number of rotatable bonds is 7. The first-order valence-corrected chi connectivity index (χ1v) is 8.50. The predicted octanol–water partition coefficient (Wildman–Crippen LogP) is 4.54. The Balaban J connectivity index is 1.68. The van der Waals surface area contributed by atoms with Crippen molar-refractivity contribution >= 4 is 11.6 Å². The highest BCUT2D eigenvalue weighted by Crippen LogP contribution is 2.22. The van der Waals surface area contributed by atoms with Gasteiger partial charge in [-0.25, -0.2) is 0 Å². The van der Waals surface area contributed by atoms with Crippen LogP contribution in [0.5, 0.6) is 17.2 Å². The molecule has 0 aliphatic rings. The molecule has 5 nitrogen and oxygen atoms in total. The van der Waals surface area contributed by atoms with Gasteiger partial charge in [0.05, 0.1) is 14.2 Å². The first-order chi connectivity index (χ1) is 13.2. The SMILES string of the molecule is COc1ccc(OCc2ccccc2NC(=O)c2ccc(OC)cc2)cc1. The summed E-state index contributed by atoms with van der Waals surface area (Å²) in [6.45, 7) is 0.339. The highest BCUT2D eigenvalue weighted by molar-refractivity contribution is 6.04. The Morgan fingerprint density at radius 2 is 1.33 bits per heavy atom. The van der Waals surface area contributed by atoms with Crippen LogP contribution in [0.2, 0.25) is 0 Å². The number of ether oxygens (including phenoxy) is 3. The van der Waals surface area contributed by atoms with E-state index in [0.29, 0.717) is 23.6 Å². The molecule has 0 saturated carbocycles. The highest BCUT2D eigenvalue weighted by atomic mass is 16.5. The summed E-state index contributed by atoms with van der Waals surface area (Å²) >= 11 is 0. The van der Waals surface area contributed by atoms with Gasteiger partial charge in [0.1, 0.15) is 23.9 Å². The molecule has 3 rings (SSSR count). The number of benzene rings is 3. The number of hydrogen-bond acceptors (Lipinski definition) is 4. The molecule has 0 atom stereocenters. The van der Waals surface area contributed by atoms with Gasteiger partial charge in [-0.05, 0) is 54.6 Å². The van der Waals surface area contributed by atoms with E-state index in [1.54, 1.807) is 38.5 Å². The van der Waals surface area contributed by atoms with Gasteiger partial charge >= 0.3 is 0 Å². The molecule has 0 radical (unpaired) electrons. The Morgan fingerprint density at radius 3 is 1.96 bits per heavy atom. The van der Waals surface area contributed by atoms with E-state index in [0.717, 1.165) is 17.1 Å². The third-order valence-electron chi connectivity index (χ3n) is 4.07. The van der Waals surface area contributed by atoms with Crippen molar-refractivity contribution in [1.82, 2.24) is 0 Å². The molecule has 1 N–H and O–H groups in total. The van der Waals surface area contributed by atoms with Crippen LogP contribution in [-0.2, 0) is 6.61 Å². The molecule has 0 heterocycles. The summed E-state index contributed by atoms with van der Waals surface area (Å²) in [6, 6.07) is 21.9. The lowest BCUT2D eigenvalue weighted by Gasteiger charge is -2.13. The van der Waals surface area contributed by atoms with E-state index >= 15 is 0 Å². The smallest absolute Gasteiger partial charge is 0.255 e. The summed E-state index contributed by atoms with van der Waals surface area (Å²) in [4.78, 5) is 12.5. The number of hydrogen-bond donors (Lipinski definition) is 1. The molecule has 0 unspecified atom stereocenters. The summed E-state index contributed by atoms with van der Waals surface area (Å²) in [5.41, 5.74) is 2.16. The number of methoxy groups -OCH3 is 2. The van der Waals surface area contributed by atoms with Crippen LogP contribution in [0.15, 0.2) is 72.8 Å². The normalized spacial score (nSPS) is 10.1. The monoisotopic (exact) mass is 363 g/mol. The first kappa shape index (κ1) is 18.3. The topological polar surface area (TPSA) is 56.8 Å². The zero-order valence-corrected chi connectivity index (χ0v) is 15.3. The molecular formula is C22H21NO4. The standard InChI is InChI=1S/C22H21NO4/c1-25-18-9-7-16(8-10-18)22(24)23-21-6-4-3-5-17(21)15-27-20-13-11-19(26-2)12-14-20/h3-14H,15H2,1-2H3,(H,23,24). The van der Waals surface area contributed by atoms with Gasteiger partial charge in [0.15, 0.2) is 0 Å². The number of carbonyl (C=O) groups excluding carboxylic acids is 1. The Bertz CT molecular complexity index is 889. The molecular weight excluding hydrogens is 342 g/mol. The molecule has 3 aromatic rings. The van der Waals surface area contributed by atoms with E-state index in [4.69, 9.17) is 14.2 Å². The van der Waals surface area contributed by atoms with Crippen molar-refractivity contribution in [2.24, 2.45) is 0 Å². The molecule has 0 fully saturated rings. The predicted molar refractivity (Wildman–Crippen MR) is 105 cm³/mol. The second-order valence-electron chi connectivity index (χ2n) is 5.80. The quantitative estimate of drug-likeness (QED) is 0.670. The average Bonchev–Trinajstić information content (AvgIpc) is 2.73. The van der Waals surface area contributed by atoms with Crippen molar-refractivity contribution in [3.05, 3.63) is 83.9 Å². The molecule has 0 aromatic heterocycles. The van der Waals surface area contributed by atoms with Crippen LogP contribution < -0.4 is 19.5 Å². The Morgan fingerprint density at radius 1 is 0.778 bits per heavy atom. The van der Waals surface area contributed by atoms with Crippen LogP contribution in [0.4, 0.5) is 5.69 Å². The van der Waals surface area contributed by atoms with Gasteiger partial charge < -0.3 is 19.5 Å². The van der Waals surface area contributed by atoms with Gasteiger partial charge in [-0.3, -0.25) is 4.79 Å². The lowest BCUT2D eigenvalue weighted by atomic mass is 10.1. The zero-order valence-electron chi connectivity index (χ0n) is 15.3. The molecule has 5 heteroatoms. The lowest BCUT2D eigenvalue weighted by molar-refractivity contribution is 0.102. The molecule has 3 aromatic carbocycles. The summed E-state index contributed by atoms with van der Waals surface area (Å²) < 4.78 is 16.1. The van der Waals surface area contributed by atoms with Crippen LogP contribution in [-0.4, -0.2) is 20.1 Å². The minimum Gasteiger partial charge on any atom is -0.497 e. The molecule has 138 valence electrons. The van der Waals surface area contributed by atoms with Crippen LogP contribution in [0.1, 0.15) is 15.9 Å². The number of carbonyl (C=O) groups is 1. The van der Waals surface area contributed by atoms with Crippen molar-refractivity contribution in [3.8, 4) is 17.2 Å². The third kappa shape index (κ3) is 4.79. The van der Waals surface area contributed by atoms with E-state index in [9.17, 15) is 4.79 Å².